The molecule has 3 atom stereocenters. The Bertz CT molecular complexity index is 1740. The van der Waals surface area contributed by atoms with Gasteiger partial charge in [-0.1, -0.05) is 84.9 Å². The Labute approximate surface area is 273 Å². The molecule has 1 aliphatic heterocycles. The molecule has 4 N–H and O–H groups in total. The number of carbonyl (C=O) groups is 2. The molecule has 1 aliphatic rings. The Morgan fingerprint density at radius 1 is 0.894 bits per heavy atom. The van der Waals surface area contributed by atoms with Crippen LogP contribution in [0.3, 0.4) is 0 Å². The monoisotopic (exact) mass is 634 g/mol. The van der Waals surface area contributed by atoms with E-state index in [1.54, 1.807) is 12.1 Å². The number of aromatic nitrogens is 3. The number of ether oxygens (including phenoxy) is 3. The second kappa shape index (κ2) is 15.0. The maximum Gasteiger partial charge on any atom is 0.420 e. The number of aryl methyl sites for hydroxylation is 1. The van der Waals surface area contributed by atoms with E-state index in [4.69, 9.17) is 19.9 Å². The number of hydrogen-bond donors (Lipinski definition) is 3. The van der Waals surface area contributed by atoms with Crippen molar-refractivity contribution in [3.8, 4) is 5.75 Å². The van der Waals surface area contributed by atoms with Gasteiger partial charge in [-0.15, -0.1) is 0 Å². The fourth-order valence-corrected chi connectivity index (χ4v) is 6.06. The maximum atomic E-state index is 14.2. The minimum absolute atomic E-state index is 0.113. The molecule has 1 saturated heterocycles. The zero-order chi connectivity index (χ0) is 32.6. The third-order valence-corrected chi connectivity index (χ3v) is 8.37. The Balaban J connectivity index is 1.17. The number of fused-ring (bicyclic) bond motifs is 1. The van der Waals surface area contributed by atoms with Crippen LogP contribution in [0.15, 0.2) is 103 Å². The van der Waals surface area contributed by atoms with Crippen molar-refractivity contribution in [1.29, 1.82) is 0 Å². The smallest absolute Gasteiger partial charge is 0.420 e. The second-order valence-corrected chi connectivity index (χ2v) is 11.4. The van der Waals surface area contributed by atoms with Gasteiger partial charge in [0.25, 0.3) is 5.91 Å². The van der Waals surface area contributed by atoms with Crippen molar-refractivity contribution in [2.75, 3.05) is 31.7 Å². The highest BCUT2D eigenvalue weighted by Gasteiger charge is 2.36. The number of nitrogens with zero attached hydrogens (tertiary/aromatic N) is 3. The summed E-state index contributed by atoms with van der Waals surface area (Å²) in [7, 11) is 1.26. The number of nitrogens with one attached hydrogen (secondary N) is 2. The van der Waals surface area contributed by atoms with E-state index in [9.17, 15) is 9.59 Å². The molecule has 0 unspecified atom stereocenters. The molecule has 0 saturated carbocycles. The van der Waals surface area contributed by atoms with Crippen LogP contribution in [0.5, 0.6) is 5.75 Å². The number of para-hydroxylation sites is 2. The highest BCUT2D eigenvalue weighted by molar-refractivity contribution is 6.15. The van der Waals surface area contributed by atoms with Gasteiger partial charge in [-0.2, -0.15) is 15.4 Å². The number of H-pyrrole nitrogens is 1. The lowest BCUT2D eigenvalue weighted by Gasteiger charge is -2.32. The molecular weight excluding hydrogens is 596 g/mol. The van der Waals surface area contributed by atoms with Crippen molar-refractivity contribution in [2.24, 2.45) is 5.73 Å². The Hall–Kier alpha value is -5.10. The summed E-state index contributed by atoms with van der Waals surface area (Å²) in [6.07, 6.45) is 0.104. The molecule has 4 aromatic carbocycles. The van der Waals surface area contributed by atoms with Gasteiger partial charge in [-0.25, -0.2) is 9.69 Å². The number of rotatable bonds is 11. The third-order valence-electron chi connectivity index (χ3n) is 8.37. The highest BCUT2D eigenvalue weighted by atomic mass is 16.5. The van der Waals surface area contributed by atoms with Gasteiger partial charge < -0.3 is 25.3 Å². The SMILES string of the molecule is COC(=O)N(C(=O)[C@@H](N)C(c1ccccc1)c1ccccc1)c1ccccc1CC[C@@H]1CNC[C@@H](COc2cccc3n[nH]nc23)O1. The number of benzene rings is 4. The molecule has 5 aromatic rings. The number of anilines is 1. The average molecular weight is 635 g/mol. The summed E-state index contributed by atoms with van der Waals surface area (Å²) in [4.78, 5) is 28.6. The highest BCUT2D eigenvalue weighted by Crippen LogP contribution is 2.31. The Morgan fingerprint density at radius 2 is 1.57 bits per heavy atom. The van der Waals surface area contributed by atoms with Crippen molar-refractivity contribution < 1.29 is 23.8 Å². The molecule has 0 radical (unpaired) electrons. The predicted octanol–water partition coefficient (Wildman–Crippen LogP) is 4.59. The number of imide groups is 1. The number of aromatic amines is 1. The topological polar surface area (TPSA) is 145 Å². The summed E-state index contributed by atoms with van der Waals surface area (Å²) in [5.74, 6) is -0.401. The van der Waals surface area contributed by atoms with Crippen LogP contribution in [-0.4, -0.2) is 72.5 Å². The van der Waals surface area contributed by atoms with Gasteiger partial charge in [0, 0.05) is 19.0 Å². The van der Waals surface area contributed by atoms with Gasteiger partial charge in [0.15, 0.2) is 5.52 Å². The number of nitrogens with two attached hydrogens (primary N) is 1. The summed E-state index contributed by atoms with van der Waals surface area (Å²) in [6.45, 7) is 1.66. The fraction of sp³-hybridized carbons (Fsp3) is 0.278. The Kier molecular flexibility index (Phi) is 10.2. The zero-order valence-corrected chi connectivity index (χ0v) is 26.1. The quantitative estimate of drug-likeness (QED) is 0.190. The van der Waals surface area contributed by atoms with Crippen LogP contribution >= 0.6 is 0 Å². The first-order chi connectivity index (χ1) is 23.0. The predicted molar refractivity (Wildman–Crippen MR) is 178 cm³/mol. The van der Waals surface area contributed by atoms with Crippen LogP contribution < -0.4 is 20.7 Å². The molecule has 1 fully saturated rings. The summed E-state index contributed by atoms with van der Waals surface area (Å²) in [5.41, 5.74) is 11.1. The molecule has 2 heterocycles. The standard InChI is InChI=1S/C36H38N6O5/c1-45-36(44)42(35(43)33(37)32(25-12-4-2-5-13-25)26-14-6-3-7-15-26)30-17-9-8-11-24(30)19-20-27-21-38-22-28(47-27)23-46-31-18-10-16-29-34(31)40-41-39-29/h2-18,27-28,32-33,38H,19-23,37H2,1H3,(H,39,40,41)/t27-,28+,33+/m1/s1. The number of morpholine rings is 1. The lowest BCUT2D eigenvalue weighted by molar-refractivity contribution is -0.119. The van der Waals surface area contributed by atoms with Gasteiger partial charge in [0.2, 0.25) is 0 Å². The van der Waals surface area contributed by atoms with Crippen molar-refractivity contribution in [2.45, 2.75) is 37.0 Å². The first-order valence-electron chi connectivity index (χ1n) is 15.7. The van der Waals surface area contributed by atoms with E-state index in [1.807, 2.05) is 91.0 Å². The number of hydrogen-bond acceptors (Lipinski definition) is 9. The summed E-state index contributed by atoms with van der Waals surface area (Å²) in [5, 5.41) is 14.4. The van der Waals surface area contributed by atoms with Crippen LogP contribution in [0.4, 0.5) is 10.5 Å². The molecule has 0 bridgehead atoms. The van der Waals surface area contributed by atoms with E-state index in [1.165, 1.54) is 7.11 Å². The van der Waals surface area contributed by atoms with Gasteiger partial charge >= 0.3 is 6.09 Å². The van der Waals surface area contributed by atoms with Crippen LogP contribution in [0.2, 0.25) is 0 Å². The second-order valence-electron chi connectivity index (χ2n) is 11.4. The average Bonchev–Trinajstić information content (AvgIpc) is 3.61. The van der Waals surface area contributed by atoms with E-state index in [0.29, 0.717) is 49.5 Å². The van der Waals surface area contributed by atoms with E-state index in [0.717, 1.165) is 27.1 Å². The number of methoxy groups -OCH3 is 1. The third kappa shape index (κ3) is 7.33. The Morgan fingerprint density at radius 3 is 2.30 bits per heavy atom. The molecule has 1 aromatic heterocycles. The lowest BCUT2D eigenvalue weighted by Crippen LogP contribution is -2.50. The molecule has 47 heavy (non-hydrogen) atoms. The van der Waals surface area contributed by atoms with Crippen LogP contribution in [0.25, 0.3) is 11.0 Å². The lowest BCUT2D eigenvalue weighted by atomic mass is 9.84. The van der Waals surface area contributed by atoms with Crippen LogP contribution in [-0.2, 0) is 20.7 Å². The fourth-order valence-electron chi connectivity index (χ4n) is 6.06. The minimum Gasteiger partial charge on any atom is -0.488 e. The van der Waals surface area contributed by atoms with E-state index >= 15 is 0 Å². The van der Waals surface area contributed by atoms with Crippen molar-refractivity contribution in [1.82, 2.24) is 20.7 Å². The van der Waals surface area contributed by atoms with E-state index in [2.05, 4.69) is 20.7 Å². The summed E-state index contributed by atoms with van der Waals surface area (Å²) < 4.78 is 17.6. The van der Waals surface area contributed by atoms with Crippen LogP contribution in [0.1, 0.15) is 29.0 Å². The van der Waals surface area contributed by atoms with Gasteiger partial charge in [0.1, 0.15) is 24.0 Å². The molecule has 0 spiro atoms. The minimum atomic E-state index is -1.07. The van der Waals surface area contributed by atoms with Gasteiger partial charge in [-0.05, 0) is 47.7 Å². The van der Waals surface area contributed by atoms with Gasteiger partial charge in [0.05, 0.1) is 24.9 Å². The molecule has 242 valence electrons. The number of amides is 2. The summed E-state index contributed by atoms with van der Waals surface area (Å²) >= 11 is 0. The zero-order valence-electron chi connectivity index (χ0n) is 26.1. The van der Waals surface area contributed by atoms with Crippen LogP contribution in [0, 0.1) is 0 Å². The molecule has 0 aliphatic carbocycles. The van der Waals surface area contributed by atoms with Crippen molar-refractivity contribution in [3.05, 3.63) is 120 Å². The van der Waals surface area contributed by atoms with E-state index < -0.39 is 24.0 Å². The normalized spacial score (nSPS) is 16.9. The summed E-state index contributed by atoms with van der Waals surface area (Å²) in [6, 6.07) is 31.1. The number of carbonyl (C=O) groups excluding carboxylic acids is 2. The first-order valence-corrected chi connectivity index (χ1v) is 15.7. The molecule has 6 rings (SSSR count). The van der Waals surface area contributed by atoms with E-state index in [-0.39, 0.29) is 12.2 Å². The molecule has 11 heteroatoms. The van der Waals surface area contributed by atoms with Gasteiger partial charge in [-0.3, -0.25) is 4.79 Å². The maximum absolute atomic E-state index is 14.2. The molecular formula is C36H38N6O5. The molecule has 2 amide bonds. The largest absolute Gasteiger partial charge is 0.488 e. The first kappa shape index (κ1) is 31.9. The van der Waals surface area contributed by atoms with Crippen molar-refractivity contribution in [3.63, 3.8) is 0 Å². The van der Waals surface area contributed by atoms with Crippen molar-refractivity contribution >= 4 is 28.7 Å². The molecule has 11 nitrogen and oxygen atoms in total.